The number of halogens is 1. The summed E-state index contributed by atoms with van der Waals surface area (Å²) in [6.45, 7) is 6.59. The predicted octanol–water partition coefficient (Wildman–Crippen LogP) is 4.64. The van der Waals surface area contributed by atoms with Crippen LogP contribution < -0.4 is 14.8 Å². The summed E-state index contributed by atoms with van der Waals surface area (Å²) in [5.41, 5.74) is 3.63. The van der Waals surface area contributed by atoms with E-state index >= 15 is 0 Å². The Morgan fingerprint density at radius 2 is 1.82 bits per heavy atom. The van der Waals surface area contributed by atoms with E-state index in [1.165, 1.54) is 7.11 Å². The average molecular weight is 404 g/mol. The first-order valence-electron chi connectivity index (χ1n) is 9.22. The first-order valence-corrected chi connectivity index (χ1v) is 9.59. The van der Waals surface area contributed by atoms with Crippen LogP contribution in [0.3, 0.4) is 0 Å². The molecule has 0 aromatic heterocycles. The lowest BCUT2D eigenvalue weighted by molar-refractivity contribution is -0.121. The lowest BCUT2D eigenvalue weighted by Gasteiger charge is -2.13. The van der Waals surface area contributed by atoms with Crippen molar-refractivity contribution in [2.45, 2.75) is 40.2 Å². The Morgan fingerprint density at radius 3 is 2.46 bits per heavy atom. The summed E-state index contributed by atoms with van der Waals surface area (Å²) in [5.74, 6) is 0.773. The smallest absolute Gasteiger partial charge is 0.220 e. The van der Waals surface area contributed by atoms with Gasteiger partial charge in [-0.2, -0.15) is 0 Å². The number of aryl methyl sites for hydroxylation is 2. The van der Waals surface area contributed by atoms with E-state index < -0.39 is 0 Å². The van der Waals surface area contributed by atoms with E-state index in [0.717, 1.165) is 16.7 Å². The molecule has 0 heterocycles. The fourth-order valence-electron chi connectivity index (χ4n) is 2.74. The molecule has 0 bridgehead atoms. The zero-order chi connectivity index (χ0) is 20.7. The first-order chi connectivity index (χ1) is 13.3. The van der Waals surface area contributed by atoms with E-state index in [4.69, 9.17) is 21.1 Å². The summed E-state index contributed by atoms with van der Waals surface area (Å²) in [4.78, 5) is 24.4. The number of hydrogen-bond donors (Lipinski definition) is 1. The van der Waals surface area contributed by atoms with Gasteiger partial charge < -0.3 is 14.8 Å². The van der Waals surface area contributed by atoms with Crippen molar-refractivity contribution in [1.29, 1.82) is 0 Å². The molecule has 0 saturated heterocycles. The van der Waals surface area contributed by atoms with Gasteiger partial charge in [0.25, 0.3) is 0 Å². The minimum atomic E-state index is -0.193. The lowest BCUT2D eigenvalue weighted by atomic mass is 10.0. The molecule has 0 atom stereocenters. The van der Waals surface area contributed by atoms with Crippen molar-refractivity contribution in [3.05, 3.63) is 57.6 Å². The molecule has 0 saturated carbocycles. The molecule has 0 aliphatic rings. The van der Waals surface area contributed by atoms with Gasteiger partial charge in [-0.15, -0.1) is 0 Å². The maximum Gasteiger partial charge on any atom is 0.220 e. The van der Waals surface area contributed by atoms with Crippen molar-refractivity contribution in [1.82, 2.24) is 5.32 Å². The number of ketones is 1. The molecule has 1 amide bonds. The fraction of sp³-hybridized carbons (Fsp3) is 0.364. The maximum absolute atomic E-state index is 12.3. The van der Waals surface area contributed by atoms with Gasteiger partial charge in [0.15, 0.2) is 17.3 Å². The van der Waals surface area contributed by atoms with E-state index in [9.17, 15) is 9.59 Å². The van der Waals surface area contributed by atoms with Gasteiger partial charge in [-0.05, 0) is 55.7 Å². The average Bonchev–Trinajstić information content (AvgIpc) is 2.68. The Kier molecular flexibility index (Phi) is 7.88. The van der Waals surface area contributed by atoms with Gasteiger partial charge in [-0.25, -0.2) is 0 Å². The van der Waals surface area contributed by atoms with Crippen LogP contribution in [0.5, 0.6) is 11.5 Å². The third-order valence-electron chi connectivity index (χ3n) is 4.48. The minimum Gasteiger partial charge on any atom is -0.493 e. The number of hydrogen-bond acceptors (Lipinski definition) is 4. The van der Waals surface area contributed by atoms with Gasteiger partial charge in [0.1, 0.15) is 0 Å². The van der Waals surface area contributed by atoms with Crippen molar-refractivity contribution >= 4 is 23.3 Å². The van der Waals surface area contributed by atoms with Gasteiger partial charge >= 0.3 is 0 Å². The zero-order valence-electron chi connectivity index (χ0n) is 16.7. The van der Waals surface area contributed by atoms with E-state index in [-0.39, 0.29) is 24.5 Å². The number of carbonyl (C=O) groups excluding carboxylic acids is 2. The van der Waals surface area contributed by atoms with Gasteiger partial charge in [0.05, 0.1) is 18.7 Å². The number of benzene rings is 2. The van der Waals surface area contributed by atoms with Crippen LogP contribution in [-0.4, -0.2) is 25.4 Å². The van der Waals surface area contributed by atoms with E-state index in [0.29, 0.717) is 35.2 Å². The highest BCUT2D eigenvalue weighted by Crippen LogP contribution is 2.36. The van der Waals surface area contributed by atoms with Crippen LogP contribution >= 0.6 is 11.6 Å². The van der Waals surface area contributed by atoms with Crippen LogP contribution in [0.4, 0.5) is 0 Å². The second-order valence-electron chi connectivity index (χ2n) is 6.54. The highest BCUT2D eigenvalue weighted by atomic mass is 35.5. The third kappa shape index (κ3) is 5.73. The number of Topliss-reactive ketones (excluding diaryl/α,β-unsaturated/α-hetero) is 1. The molecule has 0 unspecified atom stereocenters. The molecule has 0 aliphatic carbocycles. The van der Waals surface area contributed by atoms with Crippen molar-refractivity contribution in [2.75, 3.05) is 13.7 Å². The summed E-state index contributed by atoms with van der Waals surface area (Å²) in [6.07, 6.45) is 0.301. The number of methoxy groups -OCH3 is 1. The Morgan fingerprint density at radius 1 is 1.07 bits per heavy atom. The fourth-order valence-corrected chi connectivity index (χ4v) is 3.02. The largest absolute Gasteiger partial charge is 0.493 e. The van der Waals surface area contributed by atoms with Gasteiger partial charge in [-0.1, -0.05) is 23.7 Å². The van der Waals surface area contributed by atoms with Gasteiger partial charge in [0, 0.05) is 24.9 Å². The van der Waals surface area contributed by atoms with Crippen LogP contribution in [0, 0.1) is 13.8 Å². The quantitative estimate of drug-likeness (QED) is 0.619. The second-order valence-corrected chi connectivity index (χ2v) is 6.95. The molecule has 5 nitrogen and oxygen atoms in total. The van der Waals surface area contributed by atoms with Crippen LogP contribution in [0.2, 0.25) is 5.02 Å². The Labute approximate surface area is 171 Å². The molecule has 0 aliphatic heterocycles. The number of rotatable bonds is 9. The number of nitrogens with one attached hydrogen (secondary N) is 1. The van der Waals surface area contributed by atoms with Crippen LogP contribution in [-0.2, 0) is 11.3 Å². The Bertz CT molecular complexity index is 864. The SMILES string of the molecule is CCOc1c(Cl)cc(CNC(=O)CCC(=O)c2ccc(C)c(C)c2)cc1OC. The maximum atomic E-state index is 12.3. The molecular formula is C22H26ClNO4. The standard InChI is InChI=1S/C22H26ClNO4/c1-5-28-22-18(23)11-16(12-20(22)27-4)13-24-21(26)9-8-19(25)17-7-6-14(2)15(3)10-17/h6-7,10-12H,5,8-9,13H2,1-4H3,(H,24,26). The predicted molar refractivity (Wildman–Crippen MR) is 111 cm³/mol. The molecule has 2 rings (SSSR count). The van der Waals surface area contributed by atoms with E-state index in [1.807, 2.05) is 32.9 Å². The summed E-state index contributed by atoms with van der Waals surface area (Å²) >= 11 is 6.24. The molecule has 150 valence electrons. The van der Waals surface area contributed by atoms with Crippen molar-refractivity contribution in [3.8, 4) is 11.5 Å². The highest BCUT2D eigenvalue weighted by molar-refractivity contribution is 6.32. The first kappa shape index (κ1) is 21.8. The summed E-state index contributed by atoms with van der Waals surface area (Å²) in [6, 6.07) is 9.10. The van der Waals surface area contributed by atoms with Crippen molar-refractivity contribution in [2.24, 2.45) is 0 Å². The Balaban J connectivity index is 1.91. The number of ether oxygens (including phenoxy) is 2. The van der Waals surface area contributed by atoms with Crippen molar-refractivity contribution in [3.63, 3.8) is 0 Å². The molecule has 0 fully saturated rings. The molecule has 6 heteroatoms. The monoisotopic (exact) mass is 403 g/mol. The summed E-state index contributed by atoms with van der Waals surface area (Å²) < 4.78 is 10.8. The third-order valence-corrected chi connectivity index (χ3v) is 4.76. The molecular weight excluding hydrogens is 378 g/mol. The topological polar surface area (TPSA) is 64.6 Å². The number of amides is 1. The summed E-state index contributed by atoms with van der Waals surface area (Å²) in [5, 5.41) is 3.24. The molecule has 1 N–H and O–H groups in total. The van der Waals surface area contributed by atoms with Crippen LogP contribution in [0.1, 0.15) is 46.8 Å². The highest BCUT2D eigenvalue weighted by Gasteiger charge is 2.13. The number of carbonyl (C=O) groups is 2. The van der Waals surface area contributed by atoms with Crippen molar-refractivity contribution < 1.29 is 19.1 Å². The molecule has 28 heavy (non-hydrogen) atoms. The molecule has 0 radical (unpaired) electrons. The Hall–Kier alpha value is -2.53. The van der Waals surface area contributed by atoms with Crippen LogP contribution in [0.15, 0.2) is 30.3 Å². The second kappa shape index (κ2) is 10.1. The van der Waals surface area contributed by atoms with Gasteiger partial charge in [0.2, 0.25) is 5.91 Å². The van der Waals surface area contributed by atoms with Crippen LogP contribution in [0.25, 0.3) is 0 Å². The molecule has 2 aromatic carbocycles. The molecule has 0 spiro atoms. The minimum absolute atomic E-state index is 0.0379. The molecule has 2 aromatic rings. The summed E-state index contributed by atoms with van der Waals surface area (Å²) in [7, 11) is 1.54. The lowest BCUT2D eigenvalue weighted by Crippen LogP contribution is -2.23. The van der Waals surface area contributed by atoms with E-state index in [1.54, 1.807) is 18.2 Å². The zero-order valence-corrected chi connectivity index (χ0v) is 17.5. The normalized spacial score (nSPS) is 10.5. The van der Waals surface area contributed by atoms with E-state index in [2.05, 4.69) is 5.32 Å². The van der Waals surface area contributed by atoms with Gasteiger partial charge in [-0.3, -0.25) is 9.59 Å².